The van der Waals surface area contributed by atoms with Gasteiger partial charge in [-0.25, -0.2) is 24.5 Å². The molecule has 1 amide bonds. The Balaban J connectivity index is 0.000000367. The third-order valence-corrected chi connectivity index (χ3v) is 7.82. The van der Waals surface area contributed by atoms with Crippen molar-refractivity contribution in [3.63, 3.8) is 0 Å². The fraction of sp³-hybridized carbons (Fsp3) is 0.333. The molecule has 4 aromatic heterocycles. The van der Waals surface area contributed by atoms with Gasteiger partial charge in [0.2, 0.25) is 0 Å². The number of fused-ring (bicyclic) bond motifs is 2. The highest BCUT2D eigenvalue weighted by Crippen LogP contribution is 2.39. The normalized spacial score (nSPS) is 13.9. The average Bonchev–Trinajstić information content (AvgIpc) is 3.70. The lowest BCUT2D eigenvalue weighted by Gasteiger charge is -2.38. The zero-order valence-corrected chi connectivity index (χ0v) is 27.9. The van der Waals surface area contributed by atoms with E-state index in [1.807, 2.05) is 23.1 Å². The summed E-state index contributed by atoms with van der Waals surface area (Å²) in [7, 11) is 0. The number of rotatable bonds is 5. The van der Waals surface area contributed by atoms with E-state index in [2.05, 4.69) is 42.2 Å². The Bertz CT molecular complexity index is 2040. The van der Waals surface area contributed by atoms with E-state index in [4.69, 9.17) is 40.9 Å². The van der Waals surface area contributed by atoms with Gasteiger partial charge < -0.3 is 34.8 Å². The summed E-state index contributed by atoms with van der Waals surface area (Å²) in [5.74, 6) is -4.37. The van der Waals surface area contributed by atoms with Crippen LogP contribution in [0.3, 0.4) is 0 Å². The Morgan fingerprint density at radius 3 is 2.15 bits per heavy atom. The molecule has 1 unspecified atom stereocenters. The first-order valence-electron chi connectivity index (χ1n) is 14.9. The number of carboxylic acids is 2. The van der Waals surface area contributed by atoms with E-state index in [0.717, 1.165) is 27.7 Å². The van der Waals surface area contributed by atoms with E-state index in [1.165, 1.54) is 6.33 Å². The summed E-state index contributed by atoms with van der Waals surface area (Å²) in [6.45, 7) is 8.01. The van der Waals surface area contributed by atoms with Crippen molar-refractivity contribution in [2.45, 2.75) is 39.2 Å². The van der Waals surface area contributed by atoms with E-state index < -0.39 is 24.3 Å². The maximum Gasteiger partial charge on any atom is 0.490 e. The van der Waals surface area contributed by atoms with Gasteiger partial charge in [0, 0.05) is 43.3 Å². The molecule has 278 valence electrons. The number of nitrogens with one attached hydrogen (secondary N) is 2. The van der Waals surface area contributed by atoms with Gasteiger partial charge in [0.25, 0.3) is 5.91 Å². The van der Waals surface area contributed by atoms with Crippen LogP contribution in [-0.4, -0.2) is 102 Å². The van der Waals surface area contributed by atoms with Gasteiger partial charge in [-0.2, -0.15) is 26.3 Å². The molecule has 1 atom stereocenters. The predicted molar refractivity (Wildman–Crippen MR) is 172 cm³/mol. The highest BCUT2D eigenvalue weighted by atomic mass is 35.5. The number of hydrogen-bond acceptors (Lipinski definition) is 11. The number of hydrogen-bond donors (Lipinski definition) is 4. The number of aliphatic carboxylic acids is 2. The maximum absolute atomic E-state index is 13.2. The van der Waals surface area contributed by atoms with Crippen molar-refractivity contribution in [3.8, 4) is 0 Å². The summed E-state index contributed by atoms with van der Waals surface area (Å²) < 4.78 is 68.7. The minimum Gasteiger partial charge on any atom is -0.475 e. The number of piperazine rings is 1. The Morgan fingerprint density at radius 2 is 1.60 bits per heavy atom. The number of aromatic amines is 1. The lowest BCUT2D eigenvalue weighted by atomic mass is 10.0. The molecule has 1 aromatic carbocycles. The number of carbonyl (C=O) groups is 3. The van der Waals surface area contributed by atoms with Gasteiger partial charge in [-0.05, 0) is 39.0 Å². The molecule has 5 aromatic rings. The van der Waals surface area contributed by atoms with Crippen LogP contribution in [0, 0.1) is 13.8 Å². The molecular weight excluding hydrogens is 732 g/mol. The number of benzene rings is 1. The number of nitrogens with zero attached hydrogens (tertiary/aromatic N) is 7. The molecule has 5 heterocycles. The van der Waals surface area contributed by atoms with Crippen molar-refractivity contribution in [1.29, 1.82) is 0 Å². The second-order valence-electron chi connectivity index (χ2n) is 11.0. The molecule has 6 rings (SSSR count). The Kier molecular flexibility index (Phi) is 11.8. The van der Waals surface area contributed by atoms with Crippen LogP contribution in [0.15, 0.2) is 41.6 Å². The molecule has 1 fully saturated rings. The predicted octanol–water partition coefficient (Wildman–Crippen LogP) is 5.56. The Morgan fingerprint density at radius 1 is 0.981 bits per heavy atom. The second kappa shape index (κ2) is 15.7. The standard InChI is InChI=1S/C26H26ClN9O2.2C2HF3O2/c1-14(33-25-22-24(30-12-29-22)31-13-32-25)18-11-19(27)17-5-4-6-28-21(17)23(18)35-7-9-36(10-8-35)26(37)20-15(2)34-38-16(20)3;2*3-2(4,5)1(6)7/h4-6,11-14H,7-10H2,1-3H3,(H2,29,30,31,32,33);2*(H,6,7). The van der Waals surface area contributed by atoms with Crippen molar-refractivity contribution in [2.75, 3.05) is 36.4 Å². The maximum atomic E-state index is 13.2. The highest BCUT2D eigenvalue weighted by molar-refractivity contribution is 6.36. The van der Waals surface area contributed by atoms with Crippen LogP contribution in [0.2, 0.25) is 5.02 Å². The first-order valence-corrected chi connectivity index (χ1v) is 15.2. The number of aryl methyl sites for hydroxylation is 2. The first-order chi connectivity index (χ1) is 24.3. The smallest absolute Gasteiger partial charge is 0.475 e. The van der Waals surface area contributed by atoms with E-state index in [-0.39, 0.29) is 11.9 Å². The fourth-order valence-corrected chi connectivity index (χ4v) is 5.38. The molecule has 0 saturated carbocycles. The van der Waals surface area contributed by atoms with Crippen molar-refractivity contribution < 1.29 is 55.5 Å². The number of carboxylic acid groups (broad SMARTS) is 2. The zero-order valence-electron chi connectivity index (χ0n) is 27.2. The summed E-state index contributed by atoms with van der Waals surface area (Å²) in [5, 5.41) is 23.2. The lowest BCUT2D eigenvalue weighted by molar-refractivity contribution is -0.193. The topological polar surface area (TPSA) is 204 Å². The van der Waals surface area contributed by atoms with E-state index in [0.29, 0.717) is 59.7 Å². The van der Waals surface area contributed by atoms with E-state index in [9.17, 15) is 31.1 Å². The Labute approximate surface area is 293 Å². The third kappa shape index (κ3) is 8.94. The van der Waals surface area contributed by atoms with Crippen LogP contribution in [0.5, 0.6) is 0 Å². The van der Waals surface area contributed by atoms with Gasteiger partial charge in [-0.1, -0.05) is 16.8 Å². The summed E-state index contributed by atoms with van der Waals surface area (Å²) in [6.07, 6.45) is -5.30. The molecule has 1 saturated heterocycles. The monoisotopic (exact) mass is 759 g/mol. The highest BCUT2D eigenvalue weighted by Gasteiger charge is 2.39. The average molecular weight is 760 g/mol. The molecule has 0 aliphatic carbocycles. The number of aromatic nitrogens is 6. The van der Waals surface area contributed by atoms with Crippen LogP contribution < -0.4 is 10.2 Å². The van der Waals surface area contributed by atoms with Crippen molar-refractivity contribution in [1.82, 2.24) is 35.0 Å². The Hall–Kier alpha value is -5.73. The number of amides is 1. The van der Waals surface area contributed by atoms with Crippen molar-refractivity contribution in [3.05, 3.63) is 64.7 Å². The SMILES string of the molecule is Cc1noc(C)c1C(=O)N1CCN(c2c(C(C)Nc3ncnc4nc[nH]c34)cc(Cl)c3cccnc23)CC1.O=C(O)C(F)(F)F.O=C(O)C(F)(F)F. The van der Waals surface area contributed by atoms with Crippen LogP contribution in [0.25, 0.3) is 22.1 Å². The minimum atomic E-state index is -5.08. The lowest BCUT2D eigenvalue weighted by Crippen LogP contribution is -2.49. The van der Waals surface area contributed by atoms with E-state index >= 15 is 0 Å². The summed E-state index contributed by atoms with van der Waals surface area (Å²) in [5.41, 5.74) is 5.28. The first kappa shape index (κ1) is 39.1. The molecule has 1 aliphatic rings. The molecule has 4 N–H and O–H groups in total. The van der Waals surface area contributed by atoms with Crippen molar-refractivity contribution in [2.24, 2.45) is 0 Å². The molecule has 22 heteroatoms. The van der Waals surface area contributed by atoms with Gasteiger partial charge in [0.05, 0.1) is 34.3 Å². The largest absolute Gasteiger partial charge is 0.490 e. The number of halogens is 7. The number of pyridine rings is 1. The molecule has 0 radical (unpaired) electrons. The summed E-state index contributed by atoms with van der Waals surface area (Å²) >= 11 is 6.75. The zero-order chi connectivity index (χ0) is 38.5. The molecule has 1 aliphatic heterocycles. The van der Waals surface area contributed by atoms with Crippen LogP contribution in [0.4, 0.5) is 37.8 Å². The molecule has 52 heavy (non-hydrogen) atoms. The van der Waals surface area contributed by atoms with Crippen molar-refractivity contribution >= 4 is 63.0 Å². The summed E-state index contributed by atoms with van der Waals surface area (Å²) in [6, 6.07) is 5.68. The van der Waals surface area contributed by atoms with Gasteiger partial charge in [0.15, 0.2) is 11.5 Å². The van der Waals surface area contributed by atoms with Crippen LogP contribution in [-0.2, 0) is 9.59 Å². The quantitative estimate of drug-likeness (QED) is 0.162. The van der Waals surface area contributed by atoms with E-state index in [1.54, 1.807) is 26.4 Å². The van der Waals surface area contributed by atoms with Gasteiger partial charge in [-0.15, -0.1) is 0 Å². The second-order valence-corrected chi connectivity index (χ2v) is 11.4. The molecule has 0 spiro atoms. The number of carbonyl (C=O) groups excluding carboxylic acids is 1. The third-order valence-electron chi connectivity index (χ3n) is 7.50. The van der Waals surface area contributed by atoms with Crippen LogP contribution >= 0.6 is 11.6 Å². The van der Waals surface area contributed by atoms with Gasteiger partial charge >= 0.3 is 24.3 Å². The molecule has 0 bridgehead atoms. The number of H-pyrrole nitrogens is 1. The summed E-state index contributed by atoms with van der Waals surface area (Å²) in [4.78, 5) is 55.8. The van der Waals surface area contributed by atoms with Crippen LogP contribution in [0.1, 0.15) is 40.3 Å². The molecular formula is C30H28ClF6N9O6. The van der Waals surface area contributed by atoms with Gasteiger partial charge in [-0.3, -0.25) is 9.78 Å². The number of anilines is 2. The molecule has 15 nitrogen and oxygen atoms in total. The van der Waals surface area contributed by atoms with Gasteiger partial charge in [0.1, 0.15) is 23.2 Å². The minimum absolute atomic E-state index is 0.0532. The fourth-order valence-electron chi connectivity index (χ4n) is 5.11. The number of alkyl halides is 6. The number of imidazole rings is 1.